The quantitative estimate of drug-likeness (QED) is 0.749. The first-order valence-corrected chi connectivity index (χ1v) is 4.81. The summed E-state index contributed by atoms with van der Waals surface area (Å²) >= 11 is 5.88. The number of hydrogen-bond acceptors (Lipinski definition) is 3. The van der Waals surface area contributed by atoms with Gasteiger partial charge in [-0.1, -0.05) is 11.6 Å². The molecule has 1 heterocycles. The Bertz CT molecular complexity index is 309. The highest BCUT2D eigenvalue weighted by Crippen LogP contribution is 2.36. The van der Waals surface area contributed by atoms with Crippen LogP contribution in [0, 0.1) is 0 Å². The summed E-state index contributed by atoms with van der Waals surface area (Å²) in [5.41, 5.74) is 7.04. The van der Waals surface area contributed by atoms with Gasteiger partial charge in [-0.3, -0.25) is 0 Å². The maximum atomic E-state index is 5.96. The molecule has 1 aromatic heterocycles. The van der Waals surface area contributed by atoms with Gasteiger partial charge in [-0.25, -0.2) is 9.97 Å². The Hall–Kier alpha value is -0.670. The van der Waals surface area contributed by atoms with Crippen LogP contribution in [-0.2, 0) is 6.42 Å². The van der Waals surface area contributed by atoms with Crippen LogP contribution in [0.4, 0.5) is 0 Å². The van der Waals surface area contributed by atoms with Gasteiger partial charge in [0.25, 0.3) is 0 Å². The molecule has 0 bridgehead atoms. The molecule has 0 unspecified atom stereocenters. The molecule has 13 heavy (non-hydrogen) atoms. The van der Waals surface area contributed by atoms with Crippen molar-refractivity contribution in [2.45, 2.75) is 31.2 Å². The largest absolute Gasteiger partial charge is 0.325 e. The molecule has 0 spiro atoms. The predicted octanol–water partition coefficient (Wildman–Crippen LogP) is 1.55. The summed E-state index contributed by atoms with van der Waals surface area (Å²) in [7, 11) is 0. The summed E-state index contributed by atoms with van der Waals surface area (Å²) in [4.78, 5) is 7.84. The maximum absolute atomic E-state index is 5.96. The van der Waals surface area contributed by atoms with Gasteiger partial charge in [0.05, 0.1) is 0 Å². The number of aryl methyl sites for hydroxylation is 1. The van der Waals surface area contributed by atoms with Gasteiger partial charge < -0.3 is 5.73 Å². The Kier molecular flexibility index (Phi) is 2.22. The van der Waals surface area contributed by atoms with E-state index in [9.17, 15) is 0 Å². The highest BCUT2D eigenvalue weighted by atomic mass is 35.5. The minimum Gasteiger partial charge on any atom is -0.325 e. The zero-order chi connectivity index (χ0) is 9.31. The molecular formula is C9H12ClN3. The third kappa shape index (κ3) is 2.17. The molecule has 0 saturated heterocycles. The zero-order valence-electron chi connectivity index (χ0n) is 7.33. The molecule has 1 saturated carbocycles. The molecule has 1 aromatic rings. The summed E-state index contributed by atoms with van der Waals surface area (Å²) < 4.78 is 0. The fourth-order valence-electron chi connectivity index (χ4n) is 1.31. The topological polar surface area (TPSA) is 51.8 Å². The third-order valence-electron chi connectivity index (χ3n) is 2.52. The van der Waals surface area contributed by atoms with Crippen LogP contribution in [-0.4, -0.2) is 15.5 Å². The summed E-state index contributed by atoms with van der Waals surface area (Å²) in [5, 5.41) is 0.555. The number of halogens is 1. The second kappa shape index (κ2) is 3.24. The molecule has 0 aromatic carbocycles. The normalized spacial score (nSPS) is 18.6. The van der Waals surface area contributed by atoms with Gasteiger partial charge in [-0.05, 0) is 25.7 Å². The van der Waals surface area contributed by atoms with Crippen LogP contribution in [0.15, 0.2) is 12.5 Å². The van der Waals surface area contributed by atoms with Gasteiger partial charge in [-0.2, -0.15) is 0 Å². The Morgan fingerprint density at radius 1 is 1.54 bits per heavy atom. The fraction of sp³-hybridized carbons (Fsp3) is 0.556. The Morgan fingerprint density at radius 3 is 2.92 bits per heavy atom. The number of hydrogen-bond donors (Lipinski definition) is 1. The molecular weight excluding hydrogens is 186 g/mol. The van der Waals surface area contributed by atoms with Gasteiger partial charge in [-0.15, -0.1) is 0 Å². The highest BCUT2D eigenvalue weighted by Gasteiger charge is 2.37. The average Bonchev–Trinajstić information content (AvgIpc) is 2.83. The lowest BCUT2D eigenvalue weighted by atomic mass is 10.1. The number of rotatable bonds is 3. The minimum atomic E-state index is 0.0825. The van der Waals surface area contributed by atoms with Crippen LogP contribution >= 0.6 is 11.6 Å². The first-order valence-electron chi connectivity index (χ1n) is 4.43. The average molecular weight is 198 g/mol. The first kappa shape index (κ1) is 8.91. The van der Waals surface area contributed by atoms with Crippen LogP contribution in [0.25, 0.3) is 0 Å². The van der Waals surface area contributed by atoms with Crippen molar-refractivity contribution < 1.29 is 0 Å². The van der Waals surface area contributed by atoms with E-state index in [0.717, 1.165) is 31.2 Å². The molecule has 2 N–H and O–H groups in total. The smallest absolute Gasteiger partial charge is 0.135 e. The SMILES string of the molecule is NC1(CCc2cncnc2Cl)CC1. The van der Waals surface area contributed by atoms with Crippen molar-refractivity contribution >= 4 is 11.6 Å². The first-order chi connectivity index (χ1) is 6.20. The van der Waals surface area contributed by atoms with E-state index in [1.807, 2.05) is 0 Å². The maximum Gasteiger partial charge on any atom is 0.135 e. The molecule has 1 fully saturated rings. The van der Waals surface area contributed by atoms with Crippen molar-refractivity contribution in [1.82, 2.24) is 9.97 Å². The summed E-state index contributed by atoms with van der Waals surface area (Å²) in [5.74, 6) is 0. The van der Waals surface area contributed by atoms with E-state index < -0.39 is 0 Å². The van der Waals surface area contributed by atoms with E-state index in [2.05, 4.69) is 9.97 Å². The molecule has 0 radical (unpaired) electrons. The summed E-state index contributed by atoms with van der Waals surface area (Å²) in [6, 6.07) is 0. The van der Waals surface area contributed by atoms with E-state index in [4.69, 9.17) is 17.3 Å². The van der Waals surface area contributed by atoms with E-state index in [-0.39, 0.29) is 5.54 Å². The second-order valence-electron chi connectivity index (χ2n) is 3.70. The molecule has 2 rings (SSSR count). The zero-order valence-corrected chi connectivity index (χ0v) is 8.09. The van der Waals surface area contributed by atoms with E-state index in [1.54, 1.807) is 6.20 Å². The molecule has 0 atom stereocenters. The van der Waals surface area contributed by atoms with Crippen molar-refractivity contribution in [3.05, 3.63) is 23.2 Å². The van der Waals surface area contributed by atoms with Gasteiger partial charge in [0.15, 0.2) is 0 Å². The molecule has 70 valence electrons. The standard InChI is InChI=1S/C9H12ClN3/c10-8-7(5-12-6-13-8)1-2-9(11)3-4-9/h5-6H,1-4,11H2. The van der Waals surface area contributed by atoms with Crippen molar-refractivity contribution in [1.29, 1.82) is 0 Å². The molecule has 0 aliphatic heterocycles. The molecule has 4 heteroatoms. The van der Waals surface area contributed by atoms with Gasteiger partial charge >= 0.3 is 0 Å². The van der Waals surface area contributed by atoms with E-state index in [1.165, 1.54) is 6.33 Å². The number of nitrogens with zero attached hydrogens (tertiary/aromatic N) is 2. The highest BCUT2D eigenvalue weighted by molar-refractivity contribution is 6.30. The van der Waals surface area contributed by atoms with E-state index >= 15 is 0 Å². The molecule has 3 nitrogen and oxygen atoms in total. The van der Waals surface area contributed by atoms with Crippen LogP contribution in [0.5, 0.6) is 0 Å². The number of aromatic nitrogens is 2. The Morgan fingerprint density at radius 2 is 2.31 bits per heavy atom. The molecule has 1 aliphatic carbocycles. The summed E-state index contributed by atoms with van der Waals surface area (Å²) in [6.45, 7) is 0. The van der Waals surface area contributed by atoms with Gasteiger partial charge in [0, 0.05) is 17.3 Å². The lowest BCUT2D eigenvalue weighted by molar-refractivity contribution is 0.607. The third-order valence-corrected chi connectivity index (χ3v) is 2.86. The molecule has 1 aliphatic rings. The Labute approximate surface area is 82.3 Å². The minimum absolute atomic E-state index is 0.0825. The fourth-order valence-corrected chi connectivity index (χ4v) is 1.49. The number of nitrogens with two attached hydrogens (primary N) is 1. The Balaban J connectivity index is 1.97. The van der Waals surface area contributed by atoms with Crippen molar-refractivity contribution in [3.63, 3.8) is 0 Å². The van der Waals surface area contributed by atoms with Crippen molar-refractivity contribution in [2.24, 2.45) is 5.73 Å². The van der Waals surface area contributed by atoms with E-state index in [0.29, 0.717) is 5.15 Å². The van der Waals surface area contributed by atoms with Crippen LogP contribution in [0.3, 0.4) is 0 Å². The van der Waals surface area contributed by atoms with Gasteiger partial charge in [0.1, 0.15) is 11.5 Å². The lowest BCUT2D eigenvalue weighted by Crippen LogP contribution is -2.22. The van der Waals surface area contributed by atoms with Crippen LogP contribution in [0.1, 0.15) is 24.8 Å². The predicted molar refractivity (Wildman–Crippen MR) is 51.5 cm³/mol. The second-order valence-corrected chi connectivity index (χ2v) is 4.06. The van der Waals surface area contributed by atoms with Crippen molar-refractivity contribution in [3.8, 4) is 0 Å². The van der Waals surface area contributed by atoms with Crippen LogP contribution in [0.2, 0.25) is 5.15 Å². The lowest BCUT2D eigenvalue weighted by Gasteiger charge is -2.07. The monoisotopic (exact) mass is 197 g/mol. The van der Waals surface area contributed by atoms with Crippen molar-refractivity contribution in [2.75, 3.05) is 0 Å². The summed E-state index contributed by atoms with van der Waals surface area (Å²) in [6.07, 6.45) is 7.37. The van der Waals surface area contributed by atoms with Crippen LogP contribution < -0.4 is 5.73 Å². The molecule has 0 amide bonds. The van der Waals surface area contributed by atoms with Gasteiger partial charge in [0.2, 0.25) is 0 Å².